The molecule has 5 heteroatoms. The van der Waals surface area contributed by atoms with Gasteiger partial charge in [0, 0.05) is 30.7 Å². The normalized spacial score (nSPS) is 11.1. The SMILES string of the molecule is Cc1[nH]ncc1CCCNc1nccn1C(C)C. The van der Waals surface area contributed by atoms with Gasteiger partial charge in [-0.05, 0) is 39.2 Å². The fourth-order valence-electron chi connectivity index (χ4n) is 1.97. The number of nitrogens with one attached hydrogen (secondary N) is 2. The highest BCUT2D eigenvalue weighted by Crippen LogP contribution is 2.12. The molecule has 98 valence electrons. The number of H-pyrrole nitrogens is 1. The van der Waals surface area contributed by atoms with E-state index in [0.717, 1.165) is 25.3 Å². The van der Waals surface area contributed by atoms with Gasteiger partial charge >= 0.3 is 0 Å². The Morgan fingerprint density at radius 1 is 1.44 bits per heavy atom. The molecule has 0 atom stereocenters. The summed E-state index contributed by atoms with van der Waals surface area (Å²) in [5.74, 6) is 0.953. The number of hydrogen-bond acceptors (Lipinski definition) is 3. The molecule has 0 saturated heterocycles. The molecule has 0 bridgehead atoms. The van der Waals surface area contributed by atoms with E-state index in [0.29, 0.717) is 6.04 Å². The van der Waals surface area contributed by atoms with E-state index in [2.05, 4.69) is 45.8 Å². The number of nitrogens with zero attached hydrogens (tertiary/aromatic N) is 3. The van der Waals surface area contributed by atoms with Crippen LogP contribution in [0.3, 0.4) is 0 Å². The topological polar surface area (TPSA) is 58.5 Å². The lowest BCUT2D eigenvalue weighted by molar-refractivity contribution is 0.604. The minimum absolute atomic E-state index is 0.436. The molecule has 2 rings (SSSR count). The third-order valence-corrected chi connectivity index (χ3v) is 3.07. The van der Waals surface area contributed by atoms with Crippen molar-refractivity contribution in [3.8, 4) is 0 Å². The first-order chi connectivity index (χ1) is 8.68. The average molecular weight is 247 g/mol. The van der Waals surface area contributed by atoms with Crippen LogP contribution in [0.15, 0.2) is 18.6 Å². The van der Waals surface area contributed by atoms with E-state index in [9.17, 15) is 0 Å². The molecular formula is C13H21N5. The first-order valence-electron chi connectivity index (χ1n) is 6.44. The van der Waals surface area contributed by atoms with Crippen molar-refractivity contribution in [2.24, 2.45) is 0 Å². The molecule has 0 fully saturated rings. The number of imidazole rings is 1. The zero-order chi connectivity index (χ0) is 13.0. The summed E-state index contributed by atoms with van der Waals surface area (Å²) in [6.45, 7) is 7.29. The highest BCUT2D eigenvalue weighted by Gasteiger charge is 2.05. The molecule has 0 unspecified atom stereocenters. The number of aromatic amines is 1. The van der Waals surface area contributed by atoms with Gasteiger partial charge in [-0.25, -0.2) is 4.98 Å². The van der Waals surface area contributed by atoms with Crippen molar-refractivity contribution in [2.75, 3.05) is 11.9 Å². The van der Waals surface area contributed by atoms with E-state index in [4.69, 9.17) is 0 Å². The molecule has 18 heavy (non-hydrogen) atoms. The van der Waals surface area contributed by atoms with Crippen molar-refractivity contribution in [1.82, 2.24) is 19.7 Å². The molecular weight excluding hydrogens is 226 g/mol. The molecule has 0 aliphatic rings. The second kappa shape index (κ2) is 5.71. The zero-order valence-electron chi connectivity index (χ0n) is 11.3. The maximum Gasteiger partial charge on any atom is 0.203 e. The molecule has 0 spiro atoms. The summed E-state index contributed by atoms with van der Waals surface area (Å²) in [7, 11) is 0. The van der Waals surface area contributed by atoms with Crippen LogP contribution in [0, 0.1) is 6.92 Å². The summed E-state index contributed by atoms with van der Waals surface area (Å²) in [5, 5.41) is 10.4. The van der Waals surface area contributed by atoms with Crippen LogP contribution in [0.1, 0.15) is 37.6 Å². The molecule has 2 aromatic rings. The molecule has 5 nitrogen and oxygen atoms in total. The van der Waals surface area contributed by atoms with Crippen LogP contribution >= 0.6 is 0 Å². The minimum atomic E-state index is 0.436. The van der Waals surface area contributed by atoms with E-state index in [1.54, 1.807) is 0 Å². The Hall–Kier alpha value is -1.78. The summed E-state index contributed by atoms with van der Waals surface area (Å²) in [5.41, 5.74) is 2.46. The van der Waals surface area contributed by atoms with Crippen molar-refractivity contribution < 1.29 is 0 Å². The zero-order valence-corrected chi connectivity index (χ0v) is 11.3. The van der Waals surface area contributed by atoms with Crippen LogP contribution in [0.25, 0.3) is 0 Å². The van der Waals surface area contributed by atoms with Crippen molar-refractivity contribution >= 4 is 5.95 Å². The summed E-state index contributed by atoms with van der Waals surface area (Å²) >= 11 is 0. The molecule has 2 heterocycles. The molecule has 0 aliphatic carbocycles. The number of aryl methyl sites for hydroxylation is 2. The molecule has 0 saturated carbocycles. The smallest absolute Gasteiger partial charge is 0.203 e. The lowest BCUT2D eigenvalue weighted by Crippen LogP contribution is -2.10. The fourth-order valence-corrected chi connectivity index (χ4v) is 1.97. The third kappa shape index (κ3) is 2.91. The Morgan fingerprint density at radius 3 is 2.94 bits per heavy atom. The summed E-state index contributed by atoms with van der Waals surface area (Å²) in [6, 6.07) is 0.436. The Labute approximate surface area is 108 Å². The quantitative estimate of drug-likeness (QED) is 0.771. The fraction of sp³-hybridized carbons (Fsp3) is 0.538. The van der Waals surface area contributed by atoms with Crippen LogP contribution in [-0.2, 0) is 6.42 Å². The molecule has 0 aliphatic heterocycles. The summed E-state index contributed by atoms with van der Waals surface area (Å²) in [4.78, 5) is 4.32. The Kier molecular flexibility index (Phi) is 4.02. The third-order valence-electron chi connectivity index (χ3n) is 3.07. The van der Waals surface area contributed by atoms with Gasteiger partial charge in [-0.15, -0.1) is 0 Å². The highest BCUT2D eigenvalue weighted by atomic mass is 15.2. The van der Waals surface area contributed by atoms with Gasteiger partial charge < -0.3 is 9.88 Å². The van der Waals surface area contributed by atoms with Gasteiger partial charge in [-0.1, -0.05) is 0 Å². The first-order valence-corrected chi connectivity index (χ1v) is 6.44. The van der Waals surface area contributed by atoms with Gasteiger partial charge in [0.1, 0.15) is 0 Å². The van der Waals surface area contributed by atoms with Gasteiger partial charge in [0.25, 0.3) is 0 Å². The molecule has 0 amide bonds. The second-order valence-corrected chi connectivity index (χ2v) is 4.80. The number of hydrogen-bond donors (Lipinski definition) is 2. The van der Waals surface area contributed by atoms with Crippen LogP contribution in [0.4, 0.5) is 5.95 Å². The van der Waals surface area contributed by atoms with Crippen molar-refractivity contribution in [1.29, 1.82) is 0 Å². The average Bonchev–Trinajstić information content (AvgIpc) is 2.94. The predicted octanol–water partition coefficient (Wildman–Crippen LogP) is 2.54. The van der Waals surface area contributed by atoms with E-state index in [1.807, 2.05) is 18.6 Å². The Balaban J connectivity index is 1.79. The van der Waals surface area contributed by atoms with Gasteiger partial charge in [-0.2, -0.15) is 5.10 Å². The van der Waals surface area contributed by atoms with Gasteiger partial charge in [0.2, 0.25) is 5.95 Å². The monoisotopic (exact) mass is 247 g/mol. The van der Waals surface area contributed by atoms with Crippen molar-refractivity contribution in [3.63, 3.8) is 0 Å². The van der Waals surface area contributed by atoms with Crippen molar-refractivity contribution in [3.05, 3.63) is 29.8 Å². The second-order valence-electron chi connectivity index (χ2n) is 4.80. The predicted molar refractivity (Wildman–Crippen MR) is 72.7 cm³/mol. The van der Waals surface area contributed by atoms with E-state index < -0.39 is 0 Å². The number of anilines is 1. The van der Waals surface area contributed by atoms with Crippen LogP contribution in [0.2, 0.25) is 0 Å². The van der Waals surface area contributed by atoms with Gasteiger partial charge in [0.15, 0.2) is 0 Å². The van der Waals surface area contributed by atoms with E-state index in [-0.39, 0.29) is 0 Å². The Bertz CT molecular complexity index is 483. The summed E-state index contributed by atoms with van der Waals surface area (Å²) < 4.78 is 2.14. The van der Waals surface area contributed by atoms with Crippen LogP contribution in [0.5, 0.6) is 0 Å². The van der Waals surface area contributed by atoms with E-state index in [1.165, 1.54) is 11.3 Å². The van der Waals surface area contributed by atoms with Crippen LogP contribution in [-0.4, -0.2) is 26.3 Å². The minimum Gasteiger partial charge on any atom is -0.356 e. The molecule has 0 radical (unpaired) electrons. The first kappa shape index (κ1) is 12.7. The van der Waals surface area contributed by atoms with E-state index >= 15 is 0 Å². The maximum absolute atomic E-state index is 4.32. The lowest BCUT2D eigenvalue weighted by atomic mass is 10.1. The van der Waals surface area contributed by atoms with Gasteiger partial charge in [-0.3, -0.25) is 5.10 Å². The number of rotatable bonds is 6. The maximum atomic E-state index is 4.32. The Morgan fingerprint density at radius 2 is 2.28 bits per heavy atom. The highest BCUT2D eigenvalue weighted by molar-refractivity contribution is 5.26. The van der Waals surface area contributed by atoms with Crippen LogP contribution < -0.4 is 5.32 Å². The van der Waals surface area contributed by atoms with Crippen molar-refractivity contribution in [2.45, 2.75) is 39.7 Å². The summed E-state index contributed by atoms with van der Waals surface area (Å²) in [6.07, 6.45) is 7.86. The molecule has 2 N–H and O–H groups in total. The molecule has 2 aromatic heterocycles. The lowest BCUT2D eigenvalue weighted by Gasteiger charge is -2.12. The van der Waals surface area contributed by atoms with Gasteiger partial charge in [0.05, 0.1) is 6.20 Å². The number of aromatic nitrogens is 4. The molecule has 0 aromatic carbocycles. The largest absolute Gasteiger partial charge is 0.356 e. The standard InChI is InChI=1S/C13H21N5/c1-10(2)18-8-7-15-13(18)14-6-4-5-12-9-16-17-11(12)3/h7-10H,4-6H2,1-3H3,(H,14,15)(H,16,17).